The number of carbonyl (C=O) groups is 2. The maximum atomic E-state index is 12.2. The summed E-state index contributed by atoms with van der Waals surface area (Å²) >= 11 is 0. The normalized spacial score (nSPS) is 25.8. The van der Waals surface area contributed by atoms with Crippen LogP contribution >= 0.6 is 0 Å². The highest BCUT2D eigenvalue weighted by Gasteiger charge is 2.43. The van der Waals surface area contributed by atoms with E-state index in [1.165, 1.54) is 4.90 Å². The lowest BCUT2D eigenvalue weighted by molar-refractivity contribution is -0.161. The van der Waals surface area contributed by atoms with E-state index in [2.05, 4.69) is 0 Å². The molecular weight excluding hydrogens is 232 g/mol. The van der Waals surface area contributed by atoms with Gasteiger partial charge in [-0.1, -0.05) is 13.3 Å². The molecule has 1 saturated heterocycles. The van der Waals surface area contributed by atoms with Gasteiger partial charge < -0.3 is 15.7 Å². The fraction of sp³-hybridized carbons (Fsp3) is 0.846. The van der Waals surface area contributed by atoms with Gasteiger partial charge in [-0.25, -0.2) is 4.79 Å². The summed E-state index contributed by atoms with van der Waals surface area (Å²) in [6.45, 7) is 4.19. The summed E-state index contributed by atoms with van der Waals surface area (Å²) in [4.78, 5) is 25.1. The zero-order valence-electron chi connectivity index (χ0n) is 11.3. The molecule has 18 heavy (non-hydrogen) atoms. The molecule has 2 atom stereocenters. The Hall–Kier alpha value is -1.10. The van der Waals surface area contributed by atoms with Gasteiger partial charge in [-0.15, -0.1) is 0 Å². The number of carboxylic acids is 1. The van der Waals surface area contributed by atoms with Gasteiger partial charge in [0.2, 0.25) is 5.91 Å². The minimum atomic E-state index is -1.05. The van der Waals surface area contributed by atoms with Crippen molar-refractivity contribution in [2.75, 3.05) is 6.54 Å². The molecule has 0 aromatic rings. The molecule has 0 aromatic carbocycles. The molecule has 0 aliphatic carbocycles. The van der Waals surface area contributed by atoms with Crippen molar-refractivity contribution in [3.05, 3.63) is 0 Å². The number of nitrogens with zero attached hydrogens (tertiary/aromatic N) is 1. The Balaban J connectivity index is 2.72. The summed E-state index contributed by atoms with van der Waals surface area (Å²) in [6.07, 6.45) is 4.23. The third-order valence-electron chi connectivity index (χ3n) is 3.75. The Kier molecular flexibility index (Phi) is 5.14. The number of likely N-dealkylation sites (tertiary alicyclic amines) is 1. The number of hydrogen-bond donors (Lipinski definition) is 2. The second-order valence-corrected chi connectivity index (χ2v) is 5.33. The zero-order chi connectivity index (χ0) is 13.8. The van der Waals surface area contributed by atoms with Crippen molar-refractivity contribution >= 4 is 11.9 Å². The fourth-order valence-corrected chi connectivity index (χ4v) is 2.55. The molecule has 1 aliphatic heterocycles. The van der Waals surface area contributed by atoms with Gasteiger partial charge in [-0.3, -0.25) is 4.79 Å². The van der Waals surface area contributed by atoms with Crippen molar-refractivity contribution in [1.82, 2.24) is 4.90 Å². The summed E-state index contributed by atoms with van der Waals surface area (Å²) in [7, 11) is 0. The highest BCUT2D eigenvalue weighted by Crippen LogP contribution is 2.29. The van der Waals surface area contributed by atoms with E-state index >= 15 is 0 Å². The van der Waals surface area contributed by atoms with Crippen LogP contribution in [0.1, 0.15) is 52.4 Å². The first-order valence-electron chi connectivity index (χ1n) is 6.71. The number of amides is 1. The van der Waals surface area contributed by atoms with Gasteiger partial charge in [-0.2, -0.15) is 0 Å². The van der Waals surface area contributed by atoms with E-state index in [-0.39, 0.29) is 18.4 Å². The molecule has 2 unspecified atom stereocenters. The molecule has 1 rings (SSSR count). The molecule has 1 aliphatic rings. The largest absolute Gasteiger partial charge is 0.480 e. The molecule has 1 heterocycles. The quantitative estimate of drug-likeness (QED) is 0.778. The third-order valence-corrected chi connectivity index (χ3v) is 3.75. The lowest BCUT2D eigenvalue weighted by Gasteiger charge is -2.42. The minimum absolute atomic E-state index is 0.124. The van der Waals surface area contributed by atoms with Crippen LogP contribution in [-0.2, 0) is 9.59 Å². The predicted molar refractivity (Wildman–Crippen MR) is 69.1 cm³/mol. The molecular formula is C13H24N2O3. The number of hydrogen-bond acceptors (Lipinski definition) is 3. The van der Waals surface area contributed by atoms with Crippen molar-refractivity contribution in [3.8, 4) is 0 Å². The van der Waals surface area contributed by atoms with Crippen LogP contribution in [0.4, 0.5) is 0 Å². The molecule has 0 saturated carbocycles. The second kappa shape index (κ2) is 6.18. The lowest BCUT2D eigenvalue weighted by Crippen LogP contribution is -2.58. The van der Waals surface area contributed by atoms with E-state index in [0.717, 1.165) is 25.7 Å². The number of rotatable bonds is 5. The Morgan fingerprint density at radius 1 is 1.44 bits per heavy atom. The van der Waals surface area contributed by atoms with Crippen LogP contribution < -0.4 is 5.73 Å². The van der Waals surface area contributed by atoms with E-state index < -0.39 is 11.5 Å². The molecule has 1 fully saturated rings. The van der Waals surface area contributed by atoms with E-state index in [1.54, 1.807) is 6.92 Å². The topological polar surface area (TPSA) is 83.6 Å². The number of carbonyl (C=O) groups excluding carboxylic acids is 1. The third kappa shape index (κ3) is 3.22. The average molecular weight is 256 g/mol. The molecule has 0 bridgehead atoms. The van der Waals surface area contributed by atoms with Gasteiger partial charge in [0.05, 0.1) is 0 Å². The van der Waals surface area contributed by atoms with Crippen molar-refractivity contribution in [2.24, 2.45) is 5.73 Å². The maximum Gasteiger partial charge on any atom is 0.329 e. The number of aliphatic carboxylic acids is 1. The van der Waals surface area contributed by atoms with Crippen molar-refractivity contribution in [2.45, 2.75) is 64.0 Å². The van der Waals surface area contributed by atoms with Crippen molar-refractivity contribution < 1.29 is 14.7 Å². The molecule has 5 heteroatoms. The van der Waals surface area contributed by atoms with Crippen LogP contribution in [-0.4, -0.2) is 40.0 Å². The molecule has 3 N–H and O–H groups in total. The van der Waals surface area contributed by atoms with E-state index in [0.29, 0.717) is 13.0 Å². The fourth-order valence-electron chi connectivity index (χ4n) is 2.55. The predicted octanol–water partition coefficient (Wildman–Crippen LogP) is 1.36. The average Bonchev–Trinajstić information content (AvgIpc) is 2.29. The van der Waals surface area contributed by atoms with Crippen LogP contribution in [0, 0.1) is 0 Å². The van der Waals surface area contributed by atoms with E-state index in [9.17, 15) is 14.7 Å². The molecule has 1 amide bonds. The summed E-state index contributed by atoms with van der Waals surface area (Å²) in [5, 5.41) is 9.33. The Bertz CT molecular complexity index is 319. The van der Waals surface area contributed by atoms with Crippen LogP contribution in [0.15, 0.2) is 0 Å². The zero-order valence-corrected chi connectivity index (χ0v) is 11.3. The summed E-state index contributed by atoms with van der Waals surface area (Å²) in [5.74, 6) is -1.04. The van der Waals surface area contributed by atoms with Crippen LogP contribution in [0.2, 0.25) is 0 Å². The first-order chi connectivity index (χ1) is 8.41. The van der Waals surface area contributed by atoms with Crippen molar-refractivity contribution in [3.63, 3.8) is 0 Å². The molecule has 104 valence electrons. The minimum Gasteiger partial charge on any atom is -0.480 e. The smallest absolute Gasteiger partial charge is 0.329 e. The highest BCUT2D eigenvalue weighted by molar-refractivity contribution is 5.87. The summed E-state index contributed by atoms with van der Waals surface area (Å²) in [5.41, 5.74) is 4.81. The van der Waals surface area contributed by atoms with Gasteiger partial charge in [0.25, 0.3) is 0 Å². The second-order valence-electron chi connectivity index (χ2n) is 5.33. The van der Waals surface area contributed by atoms with E-state index in [4.69, 9.17) is 5.73 Å². The van der Waals surface area contributed by atoms with E-state index in [1.807, 2.05) is 6.92 Å². The Morgan fingerprint density at radius 2 is 2.11 bits per heavy atom. The van der Waals surface area contributed by atoms with Crippen molar-refractivity contribution in [1.29, 1.82) is 0 Å². The monoisotopic (exact) mass is 256 g/mol. The standard InChI is InChI=1S/C13H24N2O3/c1-3-6-10(14)9-11(16)15-8-5-4-7-13(15,2)12(17)18/h10H,3-9,14H2,1-2H3,(H,17,18). The van der Waals surface area contributed by atoms with Crippen LogP contribution in [0.3, 0.4) is 0 Å². The van der Waals surface area contributed by atoms with Crippen LogP contribution in [0.5, 0.6) is 0 Å². The first kappa shape index (κ1) is 15.0. The Labute approximate surface area is 108 Å². The number of piperidine rings is 1. The number of nitrogens with two attached hydrogens (primary N) is 1. The maximum absolute atomic E-state index is 12.2. The SMILES string of the molecule is CCCC(N)CC(=O)N1CCCCC1(C)C(=O)O. The molecule has 0 spiro atoms. The Morgan fingerprint density at radius 3 is 2.67 bits per heavy atom. The van der Waals surface area contributed by atoms with Gasteiger partial charge in [-0.05, 0) is 32.6 Å². The lowest BCUT2D eigenvalue weighted by atomic mass is 9.88. The van der Waals surface area contributed by atoms with Crippen LogP contribution in [0.25, 0.3) is 0 Å². The molecule has 0 radical (unpaired) electrons. The highest BCUT2D eigenvalue weighted by atomic mass is 16.4. The van der Waals surface area contributed by atoms with Gasteiger partial charge in [0.15, 0.2) is 0 Å². The van der Waals surface area contributed by atoms with Gasteiger partial charge >= 0.3 is 5.97 Å². The summed E-state index contributed by atoms with van der Waals surface area (Å²) in [6, 6.07) is -0.164. The molecule has 5 nitrogen and oxygen atoms in total. The summed E-state index contributed by atoms with van der Waals surface area (Å²) < 4.78 is 0. The number of carboxylic acid groups (broad SMARTS) is 1. The van der Waals surface area contributed by atoms with Gasteiger partial charge in [0, 0.05) is 19.0 Å². The molecule has 0 aromatic heterocycles. The first-order valence-corrected chi connectivity index (χ1v) is 6.71. The van der Waals surface area contributed by atoms with Gasteiger partial charge in [0.1, 0.15) is 5.54 Å².